The van der Waals surface area contributed by atoms with Crippen molar-refractivity contribution in [3.05, 3.63) is 76.3 Å². The summed E-state index contributed by atoms with van der Waals surface area (Å²) in [6.45, 7) is 0. The average Bonchev–Trinajstić information content (AvgIpc) is 2.61. The Morgan fingerprint density at radius 3 is 2.07 bits per heavy atom. The van der Waals surface area contributed by atoms with Gasteiger partial charge in [-0.25, -0.2) is 17.6 Å². The van der Waals surface area contributed by atoms with Crippen LogP contribution in [-0.2, 0) is 9.84 Å². The summed E-state index contributed by atoms with van der Waals surface area (Å²) in [5.41, 5.74) is 0.408. The molecule has 0 aliphatic carbocycles. The van der Waals surface area contributed by atoms with Crippen molar-refractivity contribution in [2.45, 2.75) is 4.90 Å². The van der Waals surface area contributed by atoms with Gasteiger partial charge in [0.2, 0.25) is 0 Å². The molecule has 6 nitrogen and oxygen atoms in total. The topological polar surface area (TPSA) is 104 Å². The van der Waals surface area contributed by atoms with Gasteiger partial charge in [-0.2, -0.15) is 0 Å². The van der Waals surface area contributed by atoms with Crippen LogP contribution < -0.4 is 5.56 Å². The minimum Gasteiger partial charge on any atom is -0.477 e. The Hall–Kier alpha value is -3.26. The fraction of sp³-hybridized carbons (Fsp3) is 0.0526. The molecule has 0 radical (unpaired) electrons. The van der Waals surface area contributed by atoms with Crippen LogP contribution in [0.5, 0.6) is 0 Å². The molecule has 2 aromatic carbocycles. The van der Waals surface area contributed by atoms with E-state index >= 15 is 0 Å². The van der Waals surface area contributed by atoms with Crippen LogP contribution in [0.25, 0.3) is 22.4 Å². The molecule has 0 aliphatic heterocycles. The van der Waals surface area contributed by atoms with E-state index in [0.717, 1.165) is 6.26 Å². The molecule has 8 heteroatoms. The summed E-state index contributed by atoms with van der Waals surface area (Å²) in [4.78, 5) is 26.1. The molecule has 27 heavy (non-hydrogen) atoms. The first-order chi connectivity index (χ1) is 12.7. The number of sulfone groups is 1. The van der Waals surface area contributed by atoms with Crippen molar-refractivity contribution in [3.63, 3.8) is 0 Å². The van der Waals surface area contributed by atoms with Gasteiger partial charge in [-0.15, -0.1) is 0 Å². The highest BCUT2D eigenvalue weighted by molar-refractivity contribution is 7.90. The highest BCUT2D eigenvalue weighted by atomic mass is 32.2. The molecule has 3 aromatic rings. The predicted molar refractivity (Wildman–Crippen MR) is 98.0 cm³/mol. The summed E-state index contributed by atoms with van der Waals surface area (Å²) in [6, 6.07) is 12.4. The third-order valence-electron chi connectivity index (χ3n) is 4.00. The standard InChI is InChI=1S/C19H14FNO5S/c1-27(25,26)14-8-4-12(5-9-14)17-15(11-2-6-13(20)7-3-11)10-16(19(23)24)18(22)21-17/h2-10H,1H3,(H,21,22)(H,23,24). The van der Waals surface area contributed by atoms with Crippen molar-refractivity contribution in [1.29, 1.82) is 0 Å². The second-order valence-electron chi connectivity index (χ2n) is 5.91. The maximum absolute atomic E-state index is 13.2. The maximum atomic E-state index is 13.2. The summed E-state index contributed by atoms with van der Waals surface area (Å²) in [7, 11) is -3.39. The maximum Gasteiger partial charge on any atom is 0.341 e. The first kappa shape index (κ1) is 18.5. The average molecular weight is 387 g/mol. The molecule has 0 spiro atoms. The van der Waals surface area contributed by atoms with Crippen molar-refractivity contribution in [3.8, 4) is 22.4 Å². The van der Waals surface area contributed by atoms with Crippen molar-refractivity contribution in [2.75, 3.05) is 6.26 Å². The normalized spacial score (nSPS) is 11.3. The number of aromatic amines is 1. The van der Waals surface area contributed by atoms with E-state index in [1.54, 1.807) is 0 Å². The summed E-state index contributed by atoms with van der Waals surface area (Å²) < 4.78 is 36.5. The lowest BCUT2D eigenvalue weighted by molar-refractivity contribution is 0.0695. The van der Waals surface area contributed by atoms with Crippen LogP contribution in [0.1, 0.15) is 10.4 Å². The lowest BCUT2D eigenvalue weighted by Gasteiger charge is -2.12. The van der Waals surface area contributed by atoms with Gasteiger partial charge in [-0.3, -0.25) is 4.79 Å². The number of hydrogen-bond acceptors (Lipinski definition) is 4. The monoisotopic (exact) mass is 387 g/mol. The number of rotatable bonds is 4. The SMILES string of the molecule is CS(=O)(=O)c1ccc(-c2[nH]c(=O)c(C(=O)O)cc2-c2ccc(F)cc2)cc1. The fourth-order valence-electron chi connectivity index (χ4n) is 2.64. The van der Waals surface area contributed by atoms with Crippen LogP contribution in [0.2, 0.25) is 0 Å². The van der Waals surface area contributed by atoms with Crippen molar-refractivity contribution < 1.29 is 22.7 Å². The largest absolute Gasteiger partial charge is 0.477 e. The Morgan fingerprint density at radius 1 is 1.00 bits per heavy atom. The Morgan fingerprint density at radius 2 is 1.56 bits per heavy atom. The summed E-state index contributed by atoms with van der Waals surface area (Å²) in [5, 5.41) is 9.22. The quantitative estimate of drug-likeness (QED) is 0.716. The van der Waals surface area contributed by atoms with Crippen molar-refractivity contribution >= 4 is 15.8 Å². The summed E-state index contributed by atoms with van der Waals surface area (Å²) in [6.07, 6.45) is 1.08. The molecular formula is C19H14FNO5S. The molecule has 3 rings (SSSR count). The van der Waals surface area contributed by atoms with Crippen molar-refractivity contribution in [1.82, 2.24) is 4.98 Å². The number of nitrogens with one attached hydrogen (secondary N) is 1. The van der Waals surface area contributed by atoms with E-state index in [4.69, 9.17) is 0 Å². The van der Waals surface area contributed by atoms with Gasteiger partial charge in [-0.1, -0.05) is 24.3 Å². The zero-order valence-corrected chi connectivity index (χ0v) is 14.9. The number of carbonyl (C=O) groups is 1. The summed E-state index contributed by atoms with van der Waals surface area (Å²) in [5.74, 6) is -1.85. The van der Waals surface area contributed by atoms with Crippen LogP contribution in [0.4, 0.5) is 4.39 Å². The van der Waals surface area contributed by atoms with E-state index in [2.05, 4.69) is 4.98 Å². The van der Waals surface area contributed by atoms with E-state index in [1.807, 2.05) is 0 Å². The van der Waals surface area contributed by atoms with E-state index in [1.165, 1.54) is 54.6 Å². The molecule has 0 atom stereocenters. The minimum absolute atomic E-state index is 0.110. The molecule has 0 aliphatic rings. The molecule has 138 valence electrons. The highest BCUT2D eigenvalue weighted by Crippen LogP contribution is 2.31. The van der Waals surface area contributed by atoms with Gasteiger partial charge in [0, 0.05) is 11.8 Å². The van der Waals surface area contributed by atoms with Crippen LogP contribution in [0.15, 0.2) is 64.3 Å². The van der Waals surface area contributed by atoms with Gasteiger partial charge in [0.25, 0.3) is 5.56 Å². The van der Waals surface area contributed by atoms with Crippen LogP contribution in [-0.4, -0.2) is 30.7 Å². The van der Waals surface area contributed by atoms with Crippen molar-refractivity contribution in [2.24, 2.45) is 0 Å². The second kappa shape index (κ2) is 6.81. The van der Waals surface area contributed by atoms with E-state index in [9.17, 15) is 27.5 Å². The van der Waals surface area contributed by atoms with Gasteiger partial charge in [0.05, 0.1) is 10.6 Å². The van der Waals surface area contributed by atoms with Gasteiger partial charge >= 0.3 is 5.97 Å². The number of benzene rings is 2. The lowest BCUT2D eigenvalue weighted by atomic mass is 9.98. The number of H-pyrrole nitrogens is 1. The molecule has 0 saturated heterocycles. The second-order valence-corrected chi connectivity index (χ2v) is 7.93. The first-order valence-electron chi connectivity index (χ1n) is 7.74. The number of hydrogen-bond donors (Lipinski definition) is 2. The Balaban J connectivity index is 2.25. The van der Waals surface area contributed by atoms with E-state index in [-0.39, 0.29) is 4.90 Å². The van der Waals surface area contributed by atoms with Gasteiger partial charge in [0.1, 0.15) is 11.4 Å². The summed E-state index contributed by atoms with van der Waals surface area (Å²) >= 11 is 0. The Kier molecular flexibility index (Phi) is 4.67. The number of carboxylic acid groups (broad SMARTS) is 1. The molecule has 0 unspecified atom stereocenters. The smallest absolute Gasteiger partial charge is 0.341 e. The molecule has 0 bridgehead atoms. The lowest BCUT2D eigenvalue weighted by Crippen LogP contribution is -2.18. The zero-order valence-electron chi connectivity index (χ0n) is 14.1. The zero-order chi connectivity index (χ0) is 19.8. The third-order valence-corrected chi connectivity index (χ3v) is 5.13. The number of carboxylic acids is 1. The third kappa shape index (κ3) is 3.80. The number of aromatic nitrogens is 1. The Labute approximate surface area is 153 Å². The van der Waals surface area contributed by atoms with Crippen LogP contribution in [0, 0.1) is 5.82 Å². The van der Waals surface area contributed by atoms with Crippen LogP contribution >= 0.6 is 0 Å². The van der Waals surface area contributed by atoms with E-state index < -0.39 is 32.7 Å². The molecule has 1 heterocycles. The van der Waals surface area contributed by atoms with Gasteiger partial charge < -0.3 is 10.1 Å². The molecule has 2 N–H and O–H groups in total. The molecule has 0 saturated carbocycles. The molecule has 0 amide bonds. The Bertz CT molecular complexity index is 1180. The predicted octanol–water partition coefficient (Wildman–Crippen LogP) is 2.95. The highest BCUT2D eigenvalue weighted by Gasteiger charge is 2.17. The van der Waals surface area contributed by atoms with Gasteiger partial charge in [-0.05, 0) is 41.5 Å². The first-order valence-corrected chi connectivity index (χ1v) is 9.63. The number of pyridine rings is 1. The van der Waals surface area contributed by atoms with E-state index in [0.29, 0.717) is 22.4 Å². The number of aromatic carboxylic acids is 1. The molecular weight excluding hydrogens is 373 g/mol. The molecule has 0 fully saturated rings. The van der Waals surface area contributed by atoms with Crippen LogP contribution in [0.3, 0.4) is 0 Å². The fourth-order valence-corrected chi connectivity index (χ4v) is 3.27. The van der Waals surface area contributed by atoms with Gasteiger partial charge in [0.15, 0.2) is 9.84 Å². The number of halogens is 1. The minimum atomic E-state index is -3.39. The molecule has 1 aromatic heterocycles.